The van der Waals surface area contributed by atoms with Gasteiger partial charge in [0.1, 0.15) is 0 Å². The summed E-state index contributed by atoms with van der Waals surface area (Å²) < 4.78 is 91.2. The Kier molecular flexibility index (Phi) is 6.08. The molecule has 5 nitrogen and oxygen atoms in total. The number of alkyl halides is 7. The Balaban J connectivity index is 3.53. The topological polar surface area (TPSA) is 95.6 Å². The summed E-state index contributed by atoms with van der Waals surface area (Å²) >= 11 is 0. The summed E-state index contributed by atoms with van der Waals surface area (Å²) in [6.07, 6.45) is -6.94. The molecule has 0 aliphatic heterocycles. The van der Waals surface area contributed by atoms with Crippen molar-refractivity contribution in [1.29, 1.82) is 0 Å². The zero-order chi connectivity index (χ0) is 19.6. The van der Waals surface area contributed by atoms with Crippen molar-refractivity contribution in [3.8, 4) is 0 Å². The molecule has 0 aromatic heterocycles. The van der Waals surface area contributed by atoms with E-state index in [0.717, 1.165) is 6.07 Å². The minimum atomic E-state index is -6.60. The molecule has 1 amide bonds. The van der Waals surface area contributed by atoms with Gasteiger partial charge in [-0.2, -0.15) is 30.7 Å². The summed E-state index contributed by atoms with van der Waals surface area (Å²) in [5.74, 6) is -13.2. The highest BCUT2D eigenvalue weighted by Gasteiger charge is 2.74. The van der Waals surface area contributed by atoms with E-state index in [4.69, 9.17) is 5.73 Å². The molecule has 1 aromatic rings. The van der Waals surface area contributed by atoms with Crippen molar-refractivity contribution in [2.75, 3.05) is 11.9 Å². The highest BCUT2D eigenvalue weighted by molar-refractivity contribution is 6.61. The Hall–Kier alpha value is -1.86. The molecule has 140 valence electrons. The molecule has 0 atom stereocenters. The molecule has 0 aliphatic carbocycles. The number of carbonyl (C=O) groups excluding carboxylic acids is 1. The van der Waals surface area contributed by atoms with Crippen LogP contribution in [0.25, 0.3) is 0 Å². The van der Waals surface area contributed by atoms with Crippen LogP contribution in [0.2, 0.25) is 0 Å². The van der Waals surface area contributed by atoms with Crippen LogP contribution < -0.4 is 16.5 Å². The van der Waals surface area contributed by atoms with Crippen LogP contribution in [0, 0.1) is 0 Å². The molecule has 0 bridgehead atoms. The minimum absolute atomic E-state index is 0.174. The number of amides is 1. The van der Waals surface area contributed by atoms with Crippen LogP contribution in [-0.4, -0.2) is 41.7 Å². The van der Waals surface area contributed by atoms with Crippen LogP contribution in [0.15, 0.2) is 18.2 Å². The van der Waals surface area contributed by atoms with Crippen molar-refractivity contribution >= 4 is 24.2 Å². The third-order valence-corrected chi connectivity index (χ3v) is 3.10. The summed E-state index contributed by atoms with van der Waals surface area (Å²) in [6.45, 7) is -0.176. The molecule has 0 saturated carbocycles. The summed E-state index contributed by atoms with van der Waals surface area (Å²) in [7, 11) is -2.86. The fraction of sp³-hybridized carbons (Fsp3) is 0.417. The van der Waals surface area contributed by atoms with Crippen LogP contribution in [0.1, 0.15) is 12.0 Å². The third-order valence-electron chi connectivity index (χ3n) is 3.10. The maximum Gasteiger partial charge on any atom is 0.491 e. The molecule has 0 radical (unpaired) electrons. The van der Waals surface area contributed by atoms with Crippen LogP contribution in [0.5, 0.6) is 0 Å². The third kappa shape index (κ3) is 4.04. The Morgan fingerprint density at radius 3 is 2.12 bits per heavy atom. The molecule has 5 N–H and O–H groups in total. The second-order valence-electron chi connectivity index (χ2n) is 4.87. The van der Waals surface area contributed by atoms with Crippen molar-refractivity contribution in [3.05, 3.63) is 23.8 Å². The first-order chi connectivity index (χ1) is 11.3. The molecule has 1 aromatic carbocycles. The van der Waals surface area contributed by atoms with Gasteiger partial charge in [-0.15, -0.1) is 0 Å². The first kappa shape index (κ1) is 21.2. The van der Waals surface area contributed by atoms with Crippen molar-refractivity contribution in [2.24, 2.45) is 5.73 Å². The Morgan fingerprint density at radius 2 is 1.68 bits per heavy atom. The van der Waals surface area contributed by atoms with Crippen molar-refractivity contribution < 1.29 is 45.6 Å². The number of hydrogen-bond donors (Lipinski definition) is 4. The second-order valence-corrected chi connectivity index (χ2v) is 4.87. The van der Waals surface area contributed by atoms with E-state index in [2.05, 4.69) is 0 Å². The molecule has 0 unspecified atom stereocenters. The van der Waals surface area contributed by atoms with Crippen molar-refractivity contribution in [2.45, 2.75) is 24.4 Å². The standard InChI is InChI=1S/C12H12BF7N2O3/c14-10(15,11(16,17)12(18,19)20)6-2-1-3-7(9(6)13(24)25)22-8(23)4-5-21/h1-3,24-25H,4-5,21H2,(H,22,23). The van der Waals surface area contributed by atoms with Gasteiger partial charge in [-0.25, -0.2) is 0 Å². The summed E-state index contributed by atoms with van der Waals surface area (Å²) in [4.78, 5) is 11.4. The van der Waals surface area contributed by atoms with Gasteiger partial charge in [0.25, 0.3) is 0 Å². The van der Waals surface area contributed by atoms with E-state index < -0.39 is 47.8 Å². The number of carbonyl (C=O) groups is 1. The maximum atomic E-state index is 13.9. The predicted molar refractivity (Wildman–Crippen MR) is 73.5 cm³/mol. The first-order valence-corrected chi connectivity index (χ1v) is 6.59. The van der Waals surface area contributed by atoms with Gasteiger partial charge in [0.15, 0.2) is 0 Å². The van der Waals surface area contributed by atoms with Crippen LogP contribution in [0.4, 0.5) is 36.4 Å². The molecular formula is C12H12BF7N2O3. The molecule has 1 rings (SSSR count). The Labute approximate surface area is 136 Å². The lowest BCUT2D eigenvalue weighted by atomic mass is 9.73. The number of rotatable bonds is 6. The molecule has 0 saturated heterocycles. The number of halogens is 7. The molecule has 0 aliphatic rings. The van der Waals surface area contributed by atoms with Gasteiger partial charge in [-0.3, -0.25) is 4.79 Å². The number of hydrogen-bond acceptors (Lipinski definition) is 4. The smallest absolute Gasteiger partial charge is 0.423 e. The monoisotopic (exact) mass is 376 g/mol. The highest BCUT2D eigenvalue weighted by Crippen LogP contribution is 2.51. The average molecular weight is 376 g/mol. The number of anilines is 1. The highest BCUT2D eigenvalue weighted by atomic mass is 19.4. The molecule has 13 heteroatoms. The van der Waals surface area contributed by atoms with Gasteiger partial charge in [-0.1, -0.05) is 12.1 Å². The normalized spacial score (nSPS) is 12.9. The summed E-state index contributed by atoms with van der Waals surface area (Å²) in [6, 6.07) is 1.65. The van der Waals surface area contributed by atoms with E-state index in [-0.39, 0.29) is 19.0 Å². The lowest BCUT2D eigenvalue weighted by Gasteiger charge is -2.30. The lowest BCUT2D eigenvalue weighted by molar-refractivity contribution is -0.359. The van der Waals surface area contributed by atoms with E-state index >= 15 is 0 Å². The average Bonchev–Trinajstić information content (AvgIpc) is 2.45. The van der Waals surface area contributed by atoms with Gasteiger partial charge >= 0.3 is 25.1 Å². The van der Waals surface area contributed by atoms with E-state index in [1.165, 1.54) is 0 Å². The number of nitrogens with one attached hydrogen (secondary N) is 1. The van der Waals surface area contributed by atoms with Gasteiger partial charge in [0, 0.05) is 29.7 Å². The van der Waals surface area contributed by atoms with Crippen LogP contribution in [0.3, 0.4) is 0 Å². The zero-order valence-corrected chi connectivity index (χ0v) is 12.2. The fourth-order valence-corrected chi connectivity index (χ4v) is 1.92. The second kappa shape index (κ2) is 7.18. The van der Waals surface area contributed by atoms with Crippen LogP contribution >= 0.6 is 0 Å². The van der Waals surface area contributed by atoms with Crippen molar-refractivity contribution in [1.82, 2.24) is 0 Å². The molecular weight excluding hydrogens is 364 g/mol. The Morgan fingerprint density at radius 1 is 1.12 bits per heavy atom. The van der Waals surface area contributed by atoms with Crippen LogP contribution in [-0.2, 0) is 10.7 Å². The number of benzene rings is 1. The van der Waals surface area contributed by atoms with E-state index in [1.54, 1.807) is 0 Å². The van der Waals surface area contributed by atoms with Gasteiger partial charge in [0.2, 0.25) is 5.91 Å². The fourth-order valence-electron chi connectivity index (χ4n) is 1.92. The first-order valence-electron chi connectivity index (χ1n) is 6.59. The van der Waals surface area contributed by atoms with E-state index in [9.17, 15) is 45.6 Å². The quantitative estimate of drug-likeness (QED) is 0.439. The van der Waals surface area contributed by atoms with E-state index in [1.807, 2.05) is 5.32 Å². The van der Waals surface area contributed by atoms with Gasteiger partial charge < -0.3 is 21.1 Å². The summed E-state index contributed by atoms with van der Waals surface area (Å²) in [5, 5.41) is 20.3. The largest absolute Gasteiger partial charge is 0.491 e. The Bertz CT molecular complexity index is 638. The summed E-state index contributed by atoms with van der Waals surface area (Å²) in [5.41, 5.74) is 0.943. The minimum Gasteiger partial charge on any atom is -0.423 e. The van der Waals surface area contributed by atoms with Crippen molar-refractivity contribution in [3.63, 3.8) is 0 Å². The maximum absolute atomic E-state index is 13.9. The zero-order valence-electron chi connectivity index (χ0n) is 12.2. The predicted octanol–water partition coefficient (Wildman–Crippen LogP) is 0.943. The molecule has 0 heterocycles. The lowest BCUT2D eigenvalue weighted by Crippen LogP contribution is -2.53. The van der Waals surface area contributed by atoms with Gasteiger partial charge in [-0.05, 0) is 6.07 Å². The molecule has 0 fully saturated rings. The SMILES string of the molecule is NCCC(=O)Nc1cccc(C(F)(F)C(F)(F)C(F)(F)F)c1B(O)O. The number of nitrogens with two attached hydrogens (primary N) is 1. The van der Waals surface area contributed by atoms with E-state index in [0.29, 0.717) is 6.07 Å². The van der Waals surface area contributed by atoms with Gasteiger partial charge in [0.05, 0.1) is 0 Å². The molecule has 25 heavy (non-hydrogen) atoms. The molecule has 0 spiro atoms.